The van der Waals surface area contributed by atoms with Gasteiger partial charge in [0.25, 0.3) is 0 Å². The summed E-state index contributed by atoms with van der Waals surface area (Å²) in [6.07, 6.45) is 30.4. The summed E-state index contributed by atoms with van der Waals surface area (Å²) in [4.78, 5) is 31.2. The largest absolute Gasteiger partial charge is 0.465 e. The smallest absolute Gasteiger partial charge is 0.330 e. The highest BCUT2D eigenvalue weighted by atomic mass is 16.6. The van der Waals surface area contributed by atoms with E-state index in [0.717, 1.165) is 30.1 Å². The summed E-state index contributed by atoms with van der Waals surface area (Å²) >= 11 is 0. The molecule has 3 aliphatic heterocycles. The van der Waals surface area contributed by atoms with Crippen LogP contribution in [0.4, 0.5) is 0 Å². The van der Waals surface area contributed by atoms with Crippen LogP contribution in [-0.4, -0.2) is 48.9 Å². The Morgan fingerprint density at radius 3 is 1.95 bits per heavy atom. The average Bonchev–Trinajstić information content (AvgIpc) is 3.77. The molecule has 9 aliphatic rings. The third-order valence-electron chi connectivity index (χ3n) is 8.84. The summed E-state index contributed by atoms with van der Waals surface area (Å²) in [6, 6.07) is 0. The molecular formula is C32H38O7. The van der Waals surface area contributed by atoms with E-state index >= 15 is 0 Å². The predicted molar refractivity (Wildman–Crippen MR) is 145 cm³/mol. The third kappa shape index (κ3) is 6.70. The fourth-order valence-corrected chi connectivity index (χ4v) is 6.96. The maximum atomic E-state index is 11.2. The zero-order valence-corrected chi connectivity index (χ0v) is 22.2. The molecule has 2 saturated carbocycles. The quantitative estimate of drug-likeness (QED) is 0.282. The number of esters is 3. The van der Waals surface area contributed by atoms with Crippen molar-refractivity contribution >= 4 is 17.9 Å². The molecule has 4 fully saturated rings. The van der Waals surface area contributed by atoms with Crippen molar-refractivity contribution in [2.45, 2.75) is 38.2 Å². The first-order valence-corrected chi connectivity index (χ1v) is 14.2. The van der Waals surface area contributed by atoms with E-state index in [4.69, 9.17) is 9.84 Å². The van der Waals surface area contributed by atoms with E-state index in [9.17, 15) is 14.4 Å². The summed E-state index contributed by atoms with van der Waals surface area (Å²) in [7, 11) is 0. The first kappa shape index (κ1) is 27.4. The number of ether oxygens (including phenoxy) is 3. The molecule has 6 aliphatic carbocycles. The van der Waals surface area contributed by atoms with Crippen molar-refractivity contribution in [2.24, 2.45) is 47.3 Å². The van der Waals surface area contributed by atoms with Gasteiger partial charge in [0.05, 0.1) is 25.0 Å². The van der Waals surface area contributed by atoms with E-state index < -0.39 is 6.10 Å². The number of fused-ring (bicyclic) bond motifs is 10. The molecule has 0 radical (unpaired) electrons. The molecule has 7 heteroatoms. The van der Waals surface area contributed by atoms with Gasteiger partial charge in [0.2, 0.25) is 0 Å². The molecule has 9 unspecified atom stereocenters. The summed E-state index contributed by atoms with van der Waals surface area (Å²) in [5, 5.41) is 8.55. The SMILES string of the molecule is C1=CC2C3C=CC(C3)C2C1.C1=CCC=C1.O=C1C=CCO1.O=C1CC(O)CO1.O=C1OCC2C3C=CC(C3)C12. The lowest BCUT2D eigenvalue weighted by molar-refractivity contribution is -0.142. The van der Waals surface area contributed by atoms with Crippen molar-refractivity contribution in [3.05, 3.63) is 72.9 Å². The van der Waals surface area contributed by atoms with Crippen molar-refractivity contribution in [2.75, 3.05) is 19.8 Å². The van der Waals surface area contributed by atoms with Crippen molar-refractivity contribution in [1.29, 1.82) is 0 Å². The van der Waals surface area contributed by atoms with Gasteiger partial charge < -0.3 is 19.3 Å². The number of hydrogen-bond donors (Lipinski definition) is 1. The Kier molecular flexibility index (Phi) is 8.97. The minimum absolute atomic E-state index is 0.0480. The second-order valence-electron chi connectivity index (χ2n) is 11.3. The topological polar surface area (TPSA) is 99.1 Å². The summed E-state index contributed by atoms with van der Waals surface area (Å²) in [5.41, 5.74) is 0. The Morgan fingerprint density at radius 1 is 0.718 bits per heavy atom. The number of hydrogen-bond acceptors (Lipinski definition) is 7. The van der Waals surface area contributed by atoms with Crippen LogP contribution >= 0.6 is 0 Å². The lowest BCUT2D eigenvalue weighted by Crippen LogP contribution is -2.19. The Bertz CT molecular complexity index is 1090. The van der Waals surface area contributed by atoms with Crippen LogP contribution in [0.15, 0.2) is 72.9 Å². The van der Waals surface area contributed by atoms with Crippen molar-refractivity contribution in [3.63, 3.8) is 0 Å². The zero-order valence-electron chi connectivity index (χ0n) is 22.2. The van der Waals surface area contributed by atoms with Gasteiger partial charge in [0, 0.05) is 12.0 Å². The first-order chi connectivity index (χ1) is 19.0. The molecule has 0 amide bonds. The van der Waals surface area contributed by atoms with Gasteiger partial charge in [-0.25, -0.2) is 4.79 Å². The van der Waals surface area contributed by atoms with E-state index in [0.29, 0.717) is 31.0 Å². The Morgan fingerprint density at radius 2 is 1.44 bits per heavy atom. The fourth-order valence-electron chi connectivity index (χ4n) is 6.96. The number of carbonyl (C=O) groups excluding carboxylic acids is 3. The molecule has 0 aromatic heterocycles. The molecular weight excluding hydrogens is 496 g/mol. The van der Waals surface area contributed by atoms with Gasteiger partial charge in [0.1, 0.15) is 13.2 Å². The van der Waals surface area contributed by atoms with Gasteiger partial charge in [-0.3, -0.25) is 9.59 Å². The molecule has 0 aromatic rings. The third-order valence-corrected chi connectivity index (χ3v) is 8.84. The van der Waals surface area contributed by atoms with E-state index in [2.05, 4.69) is 70.2 Å². The summed E-state index contributed by atoms with van der Waals surface area (Å²) in [6.45, 7) is 1.31. The van der Waals surface area contributed by atoms with E-state index in [1.165, 1.54) is 25.3 Å². The zero-order chi connectivity index (χ0) is 27.2. The van der Waals surface area contributed by atoms with Crippen LogP contribution in [0.25, 0.3) is 0 Å². The Balaban J connectivity index is 0.000000102. The predicted octanol–water partition coefficient (Wildman–Crippen LogP) is 4.26. The summed E-state index contributed by atoms with van der Waals surface area (Å²) < 4.78 is 13.8. The van der Waals surface area contributed by atoms with Gasteiger partial charge in [-0.05, 0) is 67.3 Å². The second kappa shape index (κ2) is 12.8. The maximum absolute atomic E-state index is 11.2. The maximum Gasteiger partial charge on any atom is 0.330 e. The molecule has 7 nitrogen and oxygen atoms in total. The molecule has 9 rings (SSSR count). The van der Waals surface area contributed by atoms with E-state index in [-0.39, 0.29) is 36.9 Å². The highest BCUT2D eigenvalue weighted by Gasteiger charge is 2.52. The normalized spacial score (nSPS) is 39.0. The van der Waals surface area contributed by atoms with Crippen molar-refractivity contribution in [3.8, 4) is 0 Å². The average molecular weight is 535 g/mol. The lowest BCUT2D eigenvalue weighted by atomic mass is 9.86. The molecule has 3 heterocycles. The van der Waals surface area contributed by atoms with Crippen molar-refractivity contribution < 1.29 is 33.7 Å². The Hall–Kier alpha value is -3.19. The standard InChI is InChI=1S/C10H12.C9H10O2.C5H6.C4H6O3.C4H4O2/c1-2-9-7-4-5-8(6-7)10(9)3-1;10-9-8-6-2-1-5(3-6)7(8)4-11-9;1-2-4-5-3-1;5-3-1-4(6)7-2-3;5-4-2-1-3-6-4/h1-2,4-5,7-10H,3,6H2;1-2,5-8H,3-4H2;1-4H,5H2;3,5H,1-2H2;1-2H,3H2. The summed E-state index contributed by atoms with van der Waals surface area (Å²) in [5.74, 6) is 5.26. The second-order valence-corrected chi connectivity index (χ2v) is 11.3. The van der Waals surface area contributed by atoms with Crippen LogP contribution in [0.3, 0.4) is 0 Å². The van der Waals surface area contributed by atoms with Gasteiger partial charge in [-0.2, -0.15) is 0 Å². The van der Waals surface area contributed by atoms with Crippen LogP contribution in [0.5, 0.6) is 0 Å². The van der Waals surface area contributed by atoms with Gasteiger partial charge in [-0.15, -0.1) is 0 Å². The minimum Gasteiger partial charge on any atom is -0.465 e. The van der Waals surface area contributed by atoms with E-state index in [1.807, 2.05) is 0 Å². The molecule has 1 N–H and O–H groups in total. The van der Waals surface area contributed by atoms with Gasteiger partial charge >= 0.3 is 17.9 Å². The minimum atomic E-state index is -0.549. The van der Waals surface area contributed by atoms with E-state index in [1.54, 1.807) is 6.08 Å². The molecule has 4 bridgehead atoms. The van der Waals surface area contributed by atoms with Crippen LogP contribution in [0.2, 0.25) is 0 Å². The lowest BCUT2D eigenvalue weighted by Gasteiger charge is -2.18. The number of rotatable bonds is 0. The highest BCUT2D eigenvalue weighted by Crippen LogP contribution is 2.52. The fraction of sp³-hybridized carbons (Fsp3) is 0.531. The van der Waals surface area contributed by atoms with Crippen LogP contribution in [0.1, 0.15) is 32.1 Å². The molecule has 9 atom stereocenters. The molecule has 2 saturated heterocycles. The van der Waals surface area contributed by atoms with Crippen LogP contribution < -0.4 is 0 Å². The molecule has 39 heavy (non-hydrogen) atoms. The first-order valence-electron chi connectivity index (χ1n) is 14.2. The number of allylic oxidation sites excluding steroid dienone is 10. The number of aliphatic hydroxyl groups excluding tert-OH is 1. The highest BCUT2D eigenvalue weighted by molar-refractivity contribution is 5.83. The monoisotopic (exact) mass is 534 g/mol. The van der Waals surface area contributed by atoms with Crippen molar-refractivity contribution in [1.82, 2.24) is 0 Å². The van der Waals surface area contributed by atoms with Crippen LogP contribution in [0, 0.1) is 47.3 Å². The number of cyclic esters (lactones) is 3. The molecule has 208 valence electrons. The van der Waals surface area contributed by atoms with Gasteiger partial charge in [-0.1, -0.05) is 60.8 Å². The molecule has 0 spiro atoms. The Labute approximate surface area is 230 Å². The number of aliphatic hydroxyl groups is 1. The number of carbonyl (C=O) groups is 3. The van der Waals surface area contributed by atoms with Gasteiger partial charge in [0.15, 0.2) is 0 Å². The molecule has 0 aromatic carbocycles. The van der Waals surface area contributed by atoms with Crippen LogP contribution in [-0.2, 0) is 28.6 Å².